The van der Waals surface area contributed by atoms with Crippen LogP contribution in [0.3, 0.4) is 0 Å². The average molecular weight is 346 g/mol. The maximum atomic E-state index is 9.12. The molecule has 5 heteroatoms. The van der Waals surface area contributed by atoms with Gasteiger partial charge in [0.05, 0.1) is 30.4 Å². The largest absolute Gasteiger partial charge is 0.365 e. The lowest BCUT2D eigenvalue weighted by Gasteiger charge is -2.33. The van der Waals surface area contributed by atoms with Crippen molar-refractivity contribution in [2.45, 2.75) is 20.0 Å². The second-order valence-electron chi connectivity index (χ2n) is 5.27. The Morgan fingerprint density at radius 1 is 1.43 bits per heavy atom. The first kappa shape index (κ1) is 14.3. The number of anilines is 1. The fourth-order valence-corrected chi connectivity index (χ4v) is 3.13. The summed E-state index contributed by atoms with van der Waals surface area (Å²) >= 11 is 3.54. The lowest BCUT2D eigenvalue weighted by Crippen LogP contribution is -2.42. The maximum Gasteiger partial charge on any atom is 0.161 e. The first-order chi connectivity index (χ1) is 10.1. The smallest absolute Gasteiger partial charge is 0.161 e. The highest BCUT2D eigenvalue weighted by molar-refractivity contribution is 9.10. The van der Waals surface area contributed by atoms with E-state index in [9.17, 15) is 0 Å². The van der Waals surface area contributed by atoms with Crippen LogP contribution in [0.25, 0.3) is 10.9 Å². The van der Waals surface area contributed by atoms with Crippen LogP contribution in [0.4, 0.5) is 5.69 Å². The average Bonchev–Trinajstić information content (AvgIpc) is 2.49. The number of nitriles is 1. The zero-order valence-corrected chi connectivity index (χ0v) is 13.6. The molecule has 0 bridgehead atoms. The molecule has 2 heterocycles. The summed E-state index contributed by atoms with van der Waals surface area (Å²) in [7, 11) is 0. The van der Waals surface area contributed by atoms with Gasteiger partial charge in [-0.2, -0.15) is 5.26 Å². The van der Waals surface area contributed by atoms with Crippen LogP contribution in [-0.2, 0) is 4.74 Å². The number of pyridine rings is 1. The van der Waals surface area contributed by atoms with Crippen LogP contribution in [0.2, 0.25) is 0 Å². The van der Waals surface area contributed by atoms with Gasteiger partial charge in [0.15, 0.2) is 6.10 Å². The van der Waals surface area contributed by atoms with Crippen molar-refractivity contribution in [3.05, 3.63) is 33.9 Å². The van der Waals surface area contributed by atoms with Crippen LogP contribution < -0.4 is 4.90 Å². The van der Waals surface area contributed by atoms with Crippen molar-refractivity contribution in [3.63, 3.8) is 0 Å². The Balaban J connectivity index is 2.18. The Kier molecular flexibility index (Phi) is 3.83. The van der Waals surface area contributed by atoms with Gasteiger partial charge in [-0.3, -0.25) is 4.98 Å². The van der Waals surface area contributed by atoms with Gasteiger partial charge in [-0.1, -0.05) is 15.9 Å². The first-order valence-corrected chi connectivity index (χ1v) is 7.72. The number of benzene rings is 1. The SMILES string of the molecule is Cc1nc2ccc(Br)cc2c(N2CCOC(C#N)C2)c1C. The summed E-state index contributed by atoms with van der Waals surface area (Å²) in [6, 6.07) is 8.34. The molecule has 108 valence electrons. The van der Waals surface area contributed by atoms with Crippen LogP contribution in [0, 0.1) is 25.2 Å². The van der Waals surface area contributed by atoms with Crippen LogP contribution in [0.1, 0.15) is 11.3 Å². The Morgan fingerprint density at radius 3 is 3.00 bits per heavy atom. The zero-order valence-electron chi connectivity index (χ0n) is 12.1. The fraction of sp³-hybridized carbons (Fsp3) is 0.375. The number of nitrogens with zero attached hydrogens (tertiary/aromatic N) is 3. The topological polar surface area (TPSA) is 49.2 Å². The highest BCUT2D eigenvalue weighted by Gasteiger charge is 2.24. The van der Waals surface area contributed by atoms with E-state index in [4.69, 9.17) is 10.00 Å². The van der Waals surface area contributed by atoms with E-state index in [1.807, 2.05) is 19.1 Å². The number of halogens is 1. The Hall–Kier alpha value is -1.64. The predicted octanol–water partition coefficient (Wildman–Crippen LogP) is 3.34. The third-order valence-corrected chi connectivity index (χ3v) is 4.42. The molecule has 0 spiro atoms. The summed E-state index contributed by atoms with van der Waals surface area (Å²) in [5, 5.41) is 10.2. The third-order valence-electron chi connectivity index (χ3n) is 3.93. The normalized spacial score (nSPS) is 18.8. The quantitative estimate of drug-likeness (QED) is 0.795. The van der Waals surface area contributed by atoms with Crippen molar-refractivity contribution in [2.75, 3.05) is 24.6 Å². The van der Waals surface area contributed by atoms with E-state index in [-0.39, 0.29) is 6.10 Å². The molecule has 2 aromatic rings. The van der Waals surface area contributed by atoms with Gasteiger partial charge in [0.1, 0.15) is 0 Å². The van der Waals surface area contributed by atoms with E-state index in [0.29, 0.717) is 13.2 Å². The van der Waals surface area contributed by atoms with Gasteiger partial charge in [-0.15, -0.1) is 0 Å². The standard InChI is InChI=1S/C16H16BrN3O/c1-10-11(2)19-15-4-3-12(17)7-14(15)16(10)20-5-6-21-13(8-18)9-20/h3-4,7,13H,5-6,9H2,1-2H3. The second-order valence-corrected chi connectivity index (χ2v) is 6.18. The molecule has 0 radical (unpaired) electrons. The minimum absolute atomic E-state index is 0.367. The number of aromatic nitrogens is 1. The molecule has 1 saturated heterocycles. The molecular formula is C16H16BrN3O. The van der Waals surface area contributed by atoms with E-state index in [1.165, 1.54) is 11.3 Å². The number of rotatable bonds is 1. The summed E-state index contributed by atoms with van der Waals surface area (Å²) in [4.78, 5) is 6.91. The van der Waals surface area contributed by atoms with Gasteiger partial charge >= 0.3 is 0 Å². The van der Waals surface area contributed by atoms with Gasteiger partial charge in [0.25, 0.3) is 0 Å². The van der Waals surface area contributed by atoms with Gasteiger partial charge in [-0.05, 0) is 37.6 Å². The van der Waals surface area contributed by atoms with Crippen LogP contribution in [0.15, 0.2) is 22.7 Å². The first-order valence-electron chi connectivity index (χ1n) is 6.93. The molecule has 4 nitrogen and oxygen atoms in total. The number of ether oxygens (including phenoxy) is 1. The van der Waals surface area contributed by atoms with Crippen molar-refractivity contribution in [1.82, 2.24) is 4.98 Å². The lowest BCUT2D eigenvalue weighted by atomic mass is 10.1. The Labute approximate surface area is 132 Å². The summed E-state index contributed by atoms with van der Waals surface area (Å²) < 4.78 is 6.49. The van der Waals surface area contributed by atoms with Gasteiger partial charge in [0, 0.05) is 22.1 Å². The number of hydrogen-bond acceptors (Lipinski definition) is 4. The number of fused-ring (bicyclic) bond motifs is 1. The molecule has 1 atom stereocenters. The van der Waals surface area contributed by atoms with E-state index in [0.717, 1.165) is 27.6 Å². The molecule has 1 unspecified atom stereocenters. The van der Waals surface area contributed by atoms with Crippen molar-refractivity contribution < 1.29 is 4.74 Å². The number of aryl methyl sites for hydroxylation is 1. The zero-order chi connectivity index (χ0) is 15.0. The van der Waals surface area contributed by atoms with Gasteiger partial charge < -0.3 is 9.64 Å². The monoisotopic (exact) mass is 345 g/mol. The van der Waals surface area contributed by atoms with Crippen molar-refractivity contribution in [1.29, 1.82) is 5.26 Å². The molecule has 0 aliphatic carbocycles. The fourth-order valence-electron chi connectivity index (χ4n) is 2.77. The van der Waals surface area contributed by atoms with E-state index in [1.54, 1.807) is 0 Å². The van der Waals surface area contributed by atoms with Crippen molar-refractivity contribution >= 4 is 32.5 Å². The summed E-state index contributed by atoms with van der Waals surface area (Å²) in [5.41, 5.74) is 4.35. The highest BCUT2D eigenvalue weighted by atomic mass is 79.9. The molecule has 0 N–H and O–H groups in total. The van der Waals surface area contributed by atoms with E-state index in [2.05, 4.69) is 44.9 Å². The molecule has 1 aromatic carbocycles. The number of morpholine rings is 1. The molecule has 0 saturated carbocycles. The molecule has 1 fully saturated rings. The molecule has 1 aliphatic heterocycles. The lowest BCUT2D eigenvalue weighted by molar-refractivity contribution is 0.0765. The predicted molar refractivity (Wildman–Crippen MR) is 86.5 cm³/mol. The highest BCUT2D eigenvalue weighted by Crippen LogP contribution is 2.33. The van der Waals surface area contributed by atoms with Crippen LogP contribution in [0.5, 0.6) is 0 Å². The van der Waals surface area contributed by atoms with Crippen molar-refractivity contribution in [2.24, 2.45) is 0 Å². The second kappa shape index (κ2) is 5.63. The summed E-state index contributed by atoms with van der Waals surface area (Å²) in [6.45, 7) is 6.10. The van der Waals surface area contributed by atoms with E-state index >= 15 is 0 Å². The van der Waals surface area contributed by atoms with Crippen LogP contribution >= 0.6 is 15.9 Å². The Morgan fingerprint density at radius 2 is 2.24 bits per heavy atom. The molecule has 1 aliphatic rings. The summed E-state index contributed by atoms with van der Waals surface area (Å²) in [6.07, 6.45) is -0.367. The van der Waals surface area contributed by atoms with Crippen LogP contribution in [-0.4, -0.2) is 30.8 Å². The maximum absolute atomic E-state index is 9.12. The minimum atomic E-state index is -0.367. The number of hydrogen-bond donors (Lipinski definition) is 0. The molecule has 3 rings (SSSR count). The van der Waals surface area contributed by atoms with Crippen molar-refractivity contribution in [3.8, 4) is 6.07 Å². The Bertz CT molecular complexity index is 738. The molecule has 0 amide bonds. The van der Waals surface area contributed by atoms with Gasteiger partial charge in [0.2, 0.25) is 0 Å². The third kappa shape index (κ3) is 2.61. The molecule has 21 heavy (non-hydrogen) atoms. The minimum Gasteiger partial charge on any atom is -0.365 e. The molecular weight excluding hydrogens is 330 g/mol. The summed E-state index contributed by atoms with van der Waals surface area (Å²) in [5.74, 6) is 0. The van der Waals surface area contributed by atoms with E-state index < -0.39 is 0 Å². The molecule has 1 aromatic heterocycles. The van der Waals surface area contributed by atoms with Gasteiger partial charge in [-0.25, -0.2) is 0 Å².